The molecule has 0 saturated carbocycles. The minimum Gasteiger partial charge on any atom is -0.198 e. The van der Waals surface area contributed by atoms with E-state index in [0.29, 0.717) is 12.8 Å². The van der Waals surface area contributed by atoms with Gasteiger partial charge in [0.2, 0.25) is 0 Å². The molecule has 0 aromatic heterocycles. The van der Waals surface area contributed by atoms with Crippen LogP contribution in [0.5, 0.6) is 0 Å². The predicted octanol–water partition coefficient (Wildman–Crippen LogP) is 6.28. The smallest absolute Gasteiger partial charge is 0.0621 e. The van der Waals surface area contributed by atoms with Gasteiger partial charge in [0.05, 0.1) is 12.1 Å². The van der Waals surface area contributed by atoms with Gasteiger partial charge in [0.1, 0.15) is 0 Å². The largest absolute Gasteiger partial charge is 0.198 e. The van der Waals surface area contributed by atoms with E-state index in [-0.39, 0.29) is 0 Å². The van der Waals surface area contributed by atoms with Crippen molar-refractivity contribution in [1.29, 1.82) is 10.5 Å². The Kier molecular flexibility index (Phi) is 19.4. The summed E-state index contributed by atoms with van der Waals surface area (Å²) in [7, 11) is 0. The third-order valence-electron chi connectivity index (χ3n) is 3.92. The Bertz CT molecular complexity index is 425. The molecule has 0 fully saturated rings. The molecule has 0 aliphatic rings. The maximum atomic E-state index is 8.43. The van der Waals surface area contributed by atoms with Gasteiger partial charge in [-0.15, -0.1) is 0 Å². The highest BCUT2D eigenvalue weighted by molar-refractivity contribution is 5.25. The monoisotopic (exact) mass is 324 g/mol. The second-order valence-electron chi connectivity index (χ2n) is 6.16. The molecule has 130 valence electrons. The van der Waals surface area contributed by atoms with Crippen molar-refractivity contribution >= 4 is 0 Å². The quantitative estimate of drug-likeness (QED) is 0.279. The molecular formula is C22H32N2. The maximum Gasteiger partial charge on any atom is 0.0621 e. The molecule has 0 saturated heterocycles. The summed E-state index contributed by atoms with van der Waals surface area (Å²) in [4.78, 5) is 0. The van der Waals surface area contributed by atoms with Crippen LogP contribution < -0.4 is 0 Å². The van der Waals surface area contributed by atoms with Crippen LogP contribution in [0.4, 0.5) is 0 Å². The van der Waals surface area contributed by atoms with Gasteiger partial charge in [-0.05, 0) is 37.5 Å². The van der Waals surface area contributed by atoms with Gasteiger partial charge in [0.25, 0.3) is 0 Å². The van der Waals surface area contributed by atoms with Crippen LogP contribution in [0.3, 0.4) is 0 Å². The Morgan fingerprint density at radius 1 is 0.375 bits per heavy atom. The lowest BCUT2D eigenvalue weighted by Gasteiger charge is -1.97. The average molecular weight is 325 g/mol. The molecule has 0 bridgehead atoms. The van der Waals surface area contributed by atoms with Crippen LogP contribution >= 0.6 is 0 Å². The second kappa shape index (κ2) is 21.1. The van der Waals surface area contributed by atoms with Crippen molar-refractivity contribution in [2.75, 3.05) is 0 Å². The van der Waals surface area contributed by atoms with Gasteiger partial charge in [-0.3, -0.25) is 0 Å². The summed E-state index contributed by atoms with van der Waals surface area (Å²) < 4.78 is 0. The first kappa shape index (κ1) is 22.1. The average Bonchev–Trinajstić information content (AvgIpc) is 2.60. The van der Waals surface area contributed by atoms with Gasteiger partial charge >= 0.3 is 0 Å². The number of hydrogen-bond donors (Lipinski definition) is 0. The van der Waals surface area contributed by atoms with Crippen molar-refractivity contribution in [3.05, 3.63) is 0 Å². The molecule has 0 N–H and O–H groups in total. The molecule has 0 heterocycles. The standard InChI is InChI=1S/C22H32N2/c23-21-19-17-15-13-11-9-7-5-3-1-2-4-6-8-10-12-14-16-18-20-22-24/h5-20H2. The lowest BCUT2D eigenvalue weighted by Crippen LogP contribution is -1.79. The van der Waals surface area contributed by atoms with Crippen LogP contribution in [0.1, 0.15) is 103 Å². The molecule has 24 heavy (non-hydrogen) atoms. The number of nitriles is 2. The van der Waals surface area contributed by atoms with E-state index in [4.69, 9.17) is 10.5 Å². The first-order valence-corrected chi connectivity index (χ1v) is 9.61. The fraction of sp³-hybridized carbons (Fsp3) is 0.727. The van der Waals surface area contributed by atoms with Crippen molar-refractivity contribution < 1.29 is 0 Å². The van der Waals surface area contributed by atoms with E-state index < -0.39 is 0 Å². The third kappa shape index (κ3) is 20.1. The van der Waals surface area contributed by atoms with Crippen molar-refractivity contribution in [3.63, 3.8) is 0 Å². The Morgan fingerprint density at radius 3 is 1.00 bits per heavy atom. The third-order valence-corrected chi connectivity index (χ3v) is 3.92. The van der Waals surface area contributed by atoms with Crippen LogP contribution in [0.15, 0.2) is 0 Å². The van der Waals surface area contributed by atoms with E-state index in [2.05, 4.69) is 35.8 Å². The van der Waals surface area contributed by atoms with Gasteiger partial charge < -0.3 is 0 Å². The van der Waals surface area contributed by atoms with Crippen LogP contribution in [0.2, 0.25) is 0 Å². The van der Waals surface area contributed by atoms with Gasteiger partial charge in [-0.2, -0.15) is 10.5 Å². The predicted molar refractivity (Wildman–Crippen MR) is 101 cm³/mol. The molecule has 0 amide bonds. The molecular weight excluding hydrogens is 292 g/mol. The zero-order valence-corrected chi connectivity index (χ0v) is 15.2. The second-order valence-corrected chi connectivity index (χ2v) is 6.16. The lowest BCUT2D eigenvalue weighted by atomic mass is 10.1. The van der Waals surface area contributed by atoms with Gasteiger partial charge in [-0.25, -0.2) is 0 Å². The summed E-state index contributed by atoms with van der Waals surface area (Å²) >= 11 is 0. The van der Waals surface area contributed by atoms with Crippen LogP contribution in [0, 0.1) is 46.3 Å². The first-order chi connectivity index (χ1) is 11.9. The Morgan fingerprint density at radius 2 is 0.667 bits per heavy atom. The lowest BCUT2D eigenvalue weighted by molar-refractivity contribution is 0.603. The fourth-order valence-corrected chi connectivity index (χ4v) is 2.46. The van der Waals surface area contributed by atoms with E-state index in [0.717, 1.165) is 25.7 Å². The summed E-state index contributed by atoms with van der Waals surface area (Å²) in [6, 6.07) is 4.37. The van der Waals surface area contributed by atoms with Crippen molar-refractivity contribution in [2.45, 2.75) is 103 Å². The fourth-order valence-electron chi connectivity index (χ4n) is 2.46. The maximum absolute atomic E-state index is 8.43. The van der Waals surface area contributed by atoms with Gasteiger partial charge in [-0.1, -0.05) is 63.2 Å². The highest BCUT2D eigenvalue weighted by atomic mass is 14.2. The van der Waals surface area contributed by atoms with Crippen LogP contribution in [0.25, 0.3) is 0 Å². The number of rotatable bonds is 14. The summed E-state index contributed by atoms with van der Waals surface area (Å²) in [5, 5.41) is 16.9. The molecule has 0 aliphatic heterocycles. The summed E-state index contributed by atoms with van der Waals surface area (Å²) in [5.74, 6) is 12.2. The zero-order valence-electron chi connectivity index (χ0n) is 15.2. The zero-order chi connectivity index (χ0) is 17.6. The van der Waals surface area contributed by atoms with E-state index >= 15 is 0 Å². The molecule has 0 atom stereocenters. The summed E-state index contributed by atoms with van der Waals surface area (Å²) in [6.45, 7) is 0. The highest BCUT2D eigenvalue weighted by Gasteiger charge is 1.91. The van der Waals surface area contributed by atoms with E-state index in [1.807, 2.05) is 0 Å². The highest BCUT2D eigenvalue weighted by Crippen LogP contribution is 2.08. The van der Waals surface area contributed by atoms with Crippen LogP contribution in [-0.4, -0.2) is 0 Å². The number of unbranched alkanes of at least 4 members (excludes halogenated alkanes) is 14. The van der Waals surface area contributed by atoms with Crippen LogP contribution in [-0.2, 0) is 0 Å². The van der Waals surface area contributed by atoms with E-state index in [1.165, 1.54) is 64.2 Å². The van der Waals surface area contributed by atoms with Gasteiger partial charge in [0.15, 0.2) is 0 Å². The van der Waals surface area contributed by atoms with Gasteiger partial charge in [0, 0.05) is 25.7 Å². The molecule has 0 aromatic carbocycles. The number of nitrogens with zero attached hydrogens (tertiary/aromatic N) is 2. The molecule has 0 unspecified atom stereocenters. The Balaban J connectivity index is 3.26. The van der Waals surface area contributed by atoms with E-state index in [9.17, 15) is 0 Å². The number of hydrogen-bond acceptors (Lipinski definition) is 2. The minimum absolute atomic E-state index is 0.701. The molecule has 0 spiro atoms. The summed E-state index contributed by atoms with van der Waals surface area (Å²) in [5.41, 5.74) is 0. The van der Waals surface area contributed by atoms with Crippen molar-refractivity contribution in [1.82, 2.24) is 0 Å². The normalized spacial score (nSPS) is 9.08. The van der Waals surface area contributed by atoms with Crippen molar-refractivity contribution in [2.24, 2.45) is 0 Å². The molecule has 2 nitrogen and oxygen atoms in total. The Hall–Kier alpha value is -1.90. The molecule has 0 aromatic rings. The van der Waals surface area contributed by atoms with E-state index in [1.54, 1.807) is 0 Å². The molecule has 0 rings (SSSR count). The first-order valence-electron chi connectivity index (χ1n) is 9.61. The molecule has 2 heteroatoms. The van der Waals surface area contributed by atoms with Crippen molar-refractivity contribution in [3.8, 4) is 35.8 Å². The molecule has 0 radical (unpaired) electrons. The topological polar surface area (TPSA) is 47.6 Å². The summed E-state index contributed by atoms with van der Waals surface area (Å²) in [6.07, 6.45) is 17.6. The molecule has 0 aliphatic carbocycles. The Labute approximate surface area is 149 Å². The SMILES string of the molecule is N#CCCCCCCCCC#CC#CCCCCCCCCC#N. The minimum atomic E-state index is 0.701.